The van der Waals surface area contributed by atoms with Gasteiger partial charge in [-0.05, 0) is 26.2 Å². The zero-order valence-corrected chi connectivity index (χ0v) is 17.2. The van der Waals surface area contributed by atoms with Gasteiger partial charge in [0.2, 0.25) is 0 Å². The Balaban J connectivity index is 0. The Hall–Kier alpha value is 1.51. The number of rotatable bonds is 12. The van der Waals surface area contributed by atoms with Crippen LogP contribution in [0.3, 0.4) is 0 Å². The van der Waals surface area contributed by atoms with Crippen LogP contribution >= 0.6 is 0 Å². The average Bonchev–Trinajstić information content (AvgIpc) is 2.33. The maximum absolute atomic E-state index is 10.7. The van der Waals surface area contributed by atoms with E-state index in [1.807, 2.05) is 0 Å². The van der Waals surface area contributed by atoms with Gasteiger partial charge >= 0.3 is 51.4 Å². The predicted octanol–water partition coefficient (Wildman–Crippen LogP) is 0.206. The molecule has 0 aliphatic heterocycles. The van der Waals surface area contributed by atoms with Gasteiger partial charge in [-0.2, -0.15) is 0 Å². The van der Waals surface area contributed by atoms with Crippen LogP contribution < -0.4 is 51.4 Å². The van der Waals surface area contributed by atoms with Crippen molar-refractivity contribution in [3.05, 3.63) is 0 Å². The molecule has 0 amide bonds. The summed E-state index contributed by atoms with van der Waals surface area (Å²) >= 11 is 0. The summed E-state index contributed by atoms with van der Waals surface area (Å²) in [6, 6.07) is 0. The van der Waals surface area contributed by atoms with Crippen LogP contribution in [-0.4, -0.2) is 29.4 Å². The molecule has 0 aromatic rings. The molecule has 4 nitrogen and oxygen atoms in total. The standard InChI is InChI=1S/C14H30O4S.K/c1-3-4-5-6-7-8-9-10-14(15)12-11-13(2)19(16,17)18;/h13-15H,3-12H2,1-2H3,(H,16,17,18);/q;+1/p-1. The fraction of sp³-hybridized carbons (Fsp3) is 1.00. The van der Waals surface area contributed by atoms with Gasteiger partial charge in [-0.1, -0.05) is 51.9 Å². The van der Waals surface area contributed by atoms with Crippen LogP contribution in [0.4, 0.5) is 0 Å². The van der Waals surface area contributed by atoms with Gasteiger partial charge in [-0.25, -0.2) is 8.42 Å². The molecule has 0 fully saturated rings. The monoisotopic (exact) mass is 332 g/mol. The number of aliphatic hydroxyl groups excluding tert-OH is 1. The van der Waals surface area contributed by atoms with Crippen molar-refractivity contribution < 1.29 is 69.5 Å². The van der Waals surface area contributed by atoms with Gasteiger partial charge < -0.3 is 9.66 Å². The van der Waals surface area contributed by atoms with Gasteiger partial charge in [0.25, 0.3) is 0 Å². The summed E-state index contributed by atoms with van der Waals surface area (Å²) in [5, 5.41) is 8.82. The maximum Gasteiger partial charge on any atom is 1.00 e. The Bertz CT molecular complexity index is 306. The molecular formula is C14H29KO4S. The van der Waals surface area contributed by atoms with Crippen LogP contribution in [0.2, 0.25) is 0 Å². The van der Waals surface area contributed by atoms with E-state index < -0.39 is 21.5 Å². The topological polar surface area (TPSA) is 77.4 Å². The minimum Gasteiger partial charge on any atom is -0.748 e. The summed E-state index contributed by atoms with van der Waals surface area (Å²) in [6.45, 7) is 3.60. The second kappa shape index (κ2) is 14.1. The van der Waals surface area contributed by atoms with Gasteiger partial charge in [-0.15, -0.1) is 0 Å². The zero-order chi connectivity index (χ0) is 14.7. The van der Waals surface area contributed by atoms with E-state index in [0.29, 0.717) is 12.8 Å². The average molecular weight is 333 g/mol. The van der Waals surface area contributed by atoms with E-state index in [0.717, 1.165) is 12.8 Å². The fourth-order valence-corrected chi connectivity index (χ4v) is 2.48. The molecule has 2 unspecified atom stereocenters. The van der Waals surface area contributed by atoms with Crippen molar-refractivity contribution in [1.82, 2.24) is 0 Å². The molecule has 0 aromatic carbocycles. The molecule has 6 heteroatoms. The smallest absolute Gasteiger partial charge is 0.748 e. The first-order chi connectivity index (χ1) is 8.88. The Kier molecular flexibility index (Phi) is 16.8. The molecule has 0 saturated heterocycles. The van der Waals surface area contributed by atoms with Crippen LogP contribution in [0, 0.1) is 0 Å². The fourth-order valence-electron chi connectivity index (χ4n) is 2.05. The summed E-state index contributed by atoms with van der Waals surface area (Å²) in [4.78, 5) is 0. The molecular weight excluding hydrogens is 303 g/mol. The summed E-state index contributed by atoms with van der Waals surface area (Å²) in [5.74, 6) is 0. The number of hydrogen-bond donors (Lipinski definition) is 1. The van der Waals surface area contributed by atoms with Crippen molar-refractivity contribution in [2.24, 2.45) is 0 Å². The summed E-state index contributed by atoms with van der Waals surface area (Å²) in [5.41, 5.74) is 0. The van der Waals surface area contributed by atoms with Gasteiger partial charge in [0, 0.05) is 5.25 Å². The minimum atomic E-state index is -4.20. The van der Waals surface area contributed by atoms with Gasteiger partial charge in [0.05, 0.1) is 16.2 Å². The van der Waals surface area contributed by atoms with Crippen molar-refractivity contribution in [3.63, 3.8) is 0 Å². The third kappa shape index (κ3) is 14.4. The molecule has 0 spiro atoms. The molecule has 0 bridgehead atoms. The van der Waals surface area contributed by atoms with Gasteiger partial charge in [0.1, 0.15) is 0 Å². The molecule has 0 radical (unpaired) electrons. The van der Waals surface area contributed by atoms with Crippen molar-refractivity contribution in [2.75, 3.05) is 0 Å². The molecule has 0 heterocycles. The molecule has 0 aromatic heterocycles. The predicted molar refractivity (Wildman–Crippen MR) is 77.0 cm³/mol. The molecule has 0 aliphatic rings. The summed E-state index contributed by atoms with van der Waals surface area (Å²) < 4.78 is 32.1. The molecule has 0 rings (SSSR count). The van der Waals surface area contributed by atoms with Crippen LogP contribution in [0.1, 0.15) is 78.1 Å². The van der Waals surface area contributed by atoms with Gasteiger partial charge in [0.15, 0.2) is 0 Å². The van der Waals surface area contributed by atoms with Crippen molar-refractivity contribution >= 4 is 10.1 Å². The third-order valence-electron chi connectivity index (χ3n) is 3.54. The van der Waals surface area contributed by atoms with E-state index in [4.69, 9.17) is 0 Å². The van der Waals surface area contributed by atoms with E-state index >= 15 is 0 Å². The Morgan fingerprint density at radius 3 is 1.95 bits per heavy atom. The van der Waals surface area contributed by atoms with Crippen LogP contribution in [-0.2, 0) is 10.1 Å². The minimum absolute atomic E-state index is 0. The molecule has 1 N–H and O–H groups in total. The Morgan fingerprint density at radius 2 is 1.45 bits per heavy atom. The molecule has 0 saturated carbocycles. The van der Waals surface area contributed by atoms with Crippen molar-refractivity contribution in [3.8, 4) is 0 Å². The first-order valence-electron chi connectivity index (χ1n) is 7.50. The zero-order valence-electron chi connectivity index (χ0n) is 13.3. The van der Waals surface area contributed by atoms with Crippen LogP contribution in [0.25, 0.3) is 0 Å². The number of aliphatic hydroxyl groups is 1. The van der Waals surface area contributed by atoms with E-state index in [9.17, 15) is 18.1 Å². The molecule has 20 heavy (non-hydrogen) atoms. The third-order valence-corrected chi connectivity index (χ3v) is 4.76. The van der Waals surface area contributed by atoms with Crippen molar-refractivity contribution in [2.45, 2.75) is 89.4 Å². The van der Waals surface area contributed by atoms with E-state index in [2.05, 4.69) is 6.92 Å². The Labute approximate surface area is 167 Å². The normalized spacial score (nSPS) is 14.6. The SMILES string of the molecule is CCCCCCCCCC(O)CCC(C)S(=O)(=O)[O-].[K+]. The molecule has 116 valence electrons. The quantitative estimate of drug-likeness (QED) is 0.315. The van der Waals surface area contributed by atoms with E-state index in [1.165, 1.54) is 39.0 Å². The summed E-state index contributed by atoms with van der Waals surface area (Å²) in [7, 11) is -4.20. The number of unbranched alkanes of at least 4 members (excludes halogenated alkanes) is 6. The number of hydrogen-bond acceptors (Lipinski definition) is 4. The maximum atomic E-state index is 10.7. The van der Waals surface area contributed by atoms with E-state index in [-0.39, 0.29) is 57.8 Å². The van der Waals surface area contributed by atoms with Crippen LogP contribution in [0.5, 0.6) is 0 Å². The second-order valence-corrected chi connectivity index (χ2v) is 7.23. The Morgan fingerprint density at radius 1 is 0.950 bits per heavy atom. The first-order valence-corrected chi connectivity index (χ1v) is 8.97. The molecule has 2 atom stereocenters. The second-order valence-electron chi connectivity index (χ2n) is 5.44. The van der Waals surface area contributed by atoms with E-state index in [1.54, 1.807) is 0 Å². The first kappa shape index (κ1) is 23.8. The van der Waals surface area contributed by atoms with Crippen LogP contribution in [0.15, 0.2) is 0 Å². The van der Waals surface area contributed by atoms with Gasteiger partial charge in [-0.3, -0.25) is 0 Å². The molecule has 0 aliphatic carbocycles. The summed E-state index contributed by atoms with van der Waals surface area (Å²) in [6.07, 6.45) is 9.29. The largest absolute Gasteiger partial charge is 1.00 e. The van der Waals surface area contributed by atoms with Crippen molar-refractivity contribution in [1.29, 1.82) is 0 Å².